The minimum atomic E-state index is -1.23. The van der Waals surface area contributed by atoms with Gasteiger partial charge in [-0.1, -0.05) is 0 Å². The fourth-order valence-corrected chi connectivity index (χ4v) is 0. The summed E-state index contributed by atoms with van der Waals surface area (Å²) in [6, 6.07) is 0. The summed E-state index contributed by atoms with van der Waals surface area (Å²) in [5, 5.41) is 47.3. The van der Waals surface area contributed by atoms with E-state index in [0.29, 0.717) is 0 Å². The van der Waals surface area contributed by atoms with Crippen LogP contribution in [0.2, 0.25) is 0 Å². The van der Waals surface area contributed by atoms with Gasteiger partial charge in [0.25, 0.3) is 0 Å². The monoisotopic (exact) mass is 391 g/mol. The van der Waals surface area contributed by atoms with E-state index < -0.39 is 36.2 Å². The van der Waals surface area contributed by atoms with Gasteiger partial charge >= 0.3 is 17.9 Å². The summed E-state index contributed by atoms with van der Waals surface area (Å²) < 4.78 is 0. The van der Waals surface area contributed by atoms with E-state index >= 15 is 0 Å². The first-order chi connectivity index (χ1) is 7.93. The predicted molar refractivity (Wildman–Crippen MR) is 63.7 cm³/mol. The molecule has 0 heterocycles. The number of aliphatic carboxylic acids is 3. The first-order valence-corrected chi connectivity index (χ1v) is 4.66. The minimum absolute atomic E-state index is 0. The van der Waals surface area contributed by atoms with Gasteiger partial charge in [0.1, 0.15) is 18.3 Å². The van der Waals surface area contributed by atoms with E-state index in [1.807, 2.05) is 0 Å². The summed E-state index contributed by atoms with van der Waals surface area (Å²) in [4.78, 5) is 28.3. The van der Waals surface area contributed by atoms with Crippen LogP contribution in [0, 0.1) is 0 Å². The van der Waals surface area contributed by atoms with Gasteiger partial charge in [0.05, 0.1) is 0 Å². The minimum Gasteiger partial charge on any atom is -0.479 e. The molecule has 10 heteroatoms. The molecule has 3 unspecified atom stereocenters. The number of rotatable bonds is 3. The quantitative estimate of drug-likeness (QED) is 0.296. The number of hydrogen-bond donors (Lipinski definition) is 6. The van der Waals surface area contributed by atoms with Crippen molar-refractivity contribution in [3.8, 4) is 0 Å². The van der Waals surface area contributed by atoms with Crippen molar-refractivity contribution in [3.05, 3.63) is 0 Å². The summed E-state index contributed by atoms with van der Waals surface area (Å²) >= 11 is 0. The zero-order valence-electron chi connectivity index (χ0n) is 10.6. The number of carboxylic acids is 3. The van der Waals surface area contributed by atoms with Crippen molar-refractivity contribution in [1.29, 1.82) is 0 Å². The molecule has 0 bridgehead atoms. The molecule has 19 heavy (non-hydrogen) atoms. The molecule has 0 saturated heterocycles. The third-order valence-corrected chi connectivity index (χ3v) is 1.07. The van der Waals surface area contributed by atoms with Crippen molar-refractivity contribution in [3.63, 3.8) is 0 Å². The largest absolute Gasteiger partial charge is 0.479 e. The van der Waals surface area contributed by atoms with Gasteiger partial charge in [0.15, 0.2) is 0 Å². The Morgan fingerprint density at radius 3 is 0.684 bits per heavy atom. The zero-order chi connectivity index (χ0) is 15.5. The van der Waals surface area contributed by atoms with Gasteiger partial charge in [-0.25, -0.2) is 14.4 Å². The van der Waals surface area contributed by atoms with Gasteiger partial charge in [0, 0.05) is 24.4 Å². The van der Waals surface area contributed by atoms with Crippen molar-refractivity contribution in [2.24, 2.45) is 0 Å². The van der Waals surface area contributed by atoms with Gasteiger partial charge in [-0.05, 0) is 20.8 Å². The maximum Gasteiger partial charge on any atom is 0.332 e. The molecule has 0 spiro atoms. The van der Waals surface area contributed by atoms with E-state index in [-0.39, 0.29) is 24.4 Å². The third kappa shape index (κ3) is 31.6. The van der Waals surface area contributed by atoms with Gasteiger partial charge < -0.3 is 30.6 Å². The predicted octanol–water partition coefficient (Wildman–Crippen LogP) is -2.03. The Morgan fingerprint density at radius 1 is 0.632 bits per heavy atom. The van der Waals surface area contributed by atoms with Crippen LogP contribution in [0.4, 0.5) is 0 Å². The molecule has 3 radical (unpaired) electrons. The Balaban J connectivity index is -0.0000000865. The number of hydrogen-bond acceptors (Lipinski definition) is 6. The van der Waals surface area contributed by atoms with E-state index in [2.05, 4.69) is 0 Å². The van der Waals surface area contributed by atoms with E-state index in [1.165, 1.54) is 20.8 Å². The summed E-state index contributed by atoms with van der Waals surface area (Å²) in [5.74, 6) is -3.56. The SMILES string of the molecule is CC(O)C(=O)O.CC(O)C(=O)O.CC(O)C(=O)O.[Sb]. The molecule has 9 nitrogen and oxygen atoms in total. The Bertz CT molecular complexity index is 220. The molecule has 0 amide bonds. The molecule has 113 valence electrons. The third-order valence-electron chi connectivity index (χ3n) is 1.07. The van der Waals surface area contributed by atoms with Gasteiger partial charge in [-0.15, -0.1) is 0 Å². The van der Waals surface area contributed by atoms with Gasteiger partial charge in [0.2, 0.25) is 0 Å². The van der Waals surface area contributed by atoms with Crippen molar-refractivity contribution < 1.29 is 45.0 Å². The number of carbonyl (C=O) groups is 3. The maximum absolute atomic E-state index is 9.45. The maximum atomic E-state index is 9.45. The Morgan fingerprint density at radius 2 is 0.684 bits per heavy atom. The van der Waals surface area contributed by atoms with Gasteiger partial charge in [-0.3, -0.25) is 0 Å². The van der Waals surface area contributed by atoms with E-state index in [4.69, 9.17) is 30.6 Å². The molecule has 0 aliphatic carbocycles. The summed E-state index contributed by atoms with van der Waals surface area (Å²) in [5.41, 5.74) is 0. The Kier molecular flexibility index (Phi) is 21.3. The molecule has 0 aromatic rings. The van der Waals surface area contributed by atoms with Crippen LogP contribution in [-0.4, -0.2) is 91.3 Å². The molecule has 0 aromatic heterocycles. The number of aliphatic hydroxyl groups excluding tert-OH is 3. The Hall–Kier alpha value is -0.892. The molecule has 0 aromatic carbocycles. The second-order valence-electron chi connectivity index (χ2n) is 3.04. The fourth-order valence-electron chi connectivity index (χ4n) is 0. The van der Waals surface area contributed by atoms with Crippen LogP contribution in [0.1, 0.15) is 20.8 Å². The molecular formula is C9H18O9Sb. The molecule has 0 aliphatic heterocycles. The average molecular weight is 392 g/mol. The molecular weight excluding hydrogens is 374 g/mol. The van der Waals surface area contributed by atoms with Crippen molar-refractivity contribution in [2.75, 3.05) is 0 Å². The number of carboxylic acid groups (broad SMARTS) is 3. The first-order valence-electron chi connectivity index (χ1n) is 4.66. The van der Waals surface area contributed by atoms with Gasteiger partial charge in [-0.2, -0.15) is 0 Å². The van der Waals surface area contributed by atoms with Crippen molar-refractivity contribution in [2.45, 2.75) is 39.1 Å². The average Bonchev–Trinajstić information content (AvgIpc) is 2.18. The molecule has 0 fully saturated rings. The molecule has 3 atom stereocenters. The van der Waals surface area contributed by atoms with E-state index in [1.54, 1.807) is 0 Å². The Labute approximate surface area is 126 Å². The summed E-state index contributed by atoms with van der Waals surface area (Å²) in [6.07, 6.45) is -3.69. The molecule has 0 aliphatic rings. The molecule has 6 N–H and O–H groups in total. The van der Waals surface area contributed by atoms with Crippen LogP contribution in [0.15, 0.2) is 0 Å². The fraction of sp³-hybridized carbons (Fsp3) is 0.667. The van der Waals surface area contributed by atoms with E-state index in [9.17, 15) is 14.4 Å². The topological polar surface area (TPSA) is 173 Å². The smallest absolute Gasteiger partial charge is 0.332 e. The first kappa shape index (κ1) is 26.6. The second-order valence-corrected chi connectivity index (χ2v) is 3.04. The molecule has 0 rings (SSSR count). The van der Waals surface area contributed by atoms with Crippen LogP contribution < -0.4 is 0 Å². The van der Waals surface area contributed by atoms with Crippen LogP contribution in [0.3, 0.4) is 0 Å². The van der Waals surface area contributed by atoms with Crippen molar-refractivity contribution >= 4 is 42.3 Å². The molecule has 0 saturated carbocycles. The van der Waals surface area contributed by atoms with Crippen LogP contribution >= 0.6 is 0 Å². The normalized spacial score (nSPS) is 12.9. The van der Waals surface area contributed by atoms with E-state index in [0.717, 1.165) is 0 Å². The standard InChI is InChI=1S/3C3H6O3.Sb/c3*1-2(4)3(5)6;/h3*2,4H,1H3,(H,5,6);. The van der Waals surface area contributed by atoms with Crippen LogP contribution in [0.5, 0.6) is 0 Å². The zero-order valence-corrected chi connectivity index (χ0v) is 13.1. The summed E-state index contributed by atoms with van der Waals surface area (Å²) in [7, 11) is 0. The van der Waals surface area contributed by atoms with Crippen LogP contribution in [0.25, 0.3) is 0 Å². The van der Waals surface area contributed by atoms with Crippen molar-refractivity contribution in [1.82, 2.24) is 0 Å². The number of aliphatic hydroxyl groups is 3. The second kappa shape index (κ2) is 15.2. The summed E-state index contributed by atoms with van der Waals surface area (Å²) in [6.45, 7) is 3.59. The van der Waals surface area contributed by atoms with Crippen LogP contribution in [-0.2, 0) is 14.4 Å².